The minimum absolute atomic E-state index is 0.115. The Hall–Kier alpha value is -2.00. The van der Waals surface area contributed by atoms with Gasteiger partial charge < -0.3 is 14.2 Å². The maximum absolute atomic E-state index is 5.78. The molecule has 0 saturated carbocycles. The monoisotopic (exact) mass is 300 g/mol. The van der Waals surface area contributed by atoms with Gasteiger partial charge >= 0.3 is 0 Å². The molecule has 0 aliphatic rings. The van der Waals surface area contributed by atoms with Crippen LogP contribution in [0.1, 0.15) is 26.7 Å². The van der Waals surface area contributed by atoms with Crippen LogP contribution < -0.4 is 9.47 Å². The fourth-order valence-corrected chi connectivity index (χ4v) is 2.04. The molecule has 0 aliphatic carbocycles. The highest BCUT2D eigenvalue weighted by molar-refractivity contribution is 5.35. The number of methoxy groups -OCH3 is 1. The summed E-state index contributed by atoms with van der Waals surface area (Å²) in [4.78, 5) is 0. The summed E-state index contributed by atoms with van der Waals surface area (Å²) in [6.45, 7) is 4.86. The van der Waals surface area contributed by atoms with Gasteiger partial charge in [0.15, 0.2) is 0 Å². The van der Waals surface area contributed by atoms with Crippen molar-refractivity contribution in [2.24, 2.45) is 0 Å². The van der Waals surface area contributed by atoms with Crippen molar-refractivity contribution in [3.8, 4) is 17.2 Å². The zero-order valence-electron chi connectivity index (χ0n) is 13.5. The topological polar surface area (TPSA) is 27.7 Å². The molecule has 2 rings (SSSR count). The van der Waals surface area contributed by atoms with E-state index in [0.717, 1.165) is 30.1 Å². The van der Waals surface area contributed by atoms with E-state index >= 15 is 0 Å². The first-order chi connectivity index (χ1) is 10.6. The summed E-state index contributed by atoms with van der Waals surface area (Å²) in [6, 6.07) is 17.4. The first kappa shape index (κ1) is 16.4. The van der Waals surface area contributed by atoms with E-state index in [1.165, 1.54) is 0 Å². The van der Waals surface area contributed by atoms with Gasteiger partial charge in [0.25, 0.3) is 0 Å². The summed E-state index contributed by atoms with van der Waals surface area (Å²) in [6.07, 6.45) is 1.83. The van der Waals surface area contributed by atoms with E-state index in [-0.39, 0.29) is 5.60 Å². The third-order valence-corrected chi connectivity index (χ3v) is 3.94. The molecule has 3 heteroatoms. The zero-order chi connectivity index (χ0) is 15.8. The van der Waals surface area contributed by atoms with Gasteiger partial charge in [-0.3, -0.25) is 0 Å². The van der Waals surface area contributed by atoms with Crippen molar-refractivity contribution in [1.82, 2.24) is 0 Å². The van der Waals surface area contributed by atoms with E-state index in [9.17, 15) is 0 Å². The van der Waals surface area contributed by atoms with Crippen molar-refractivity contribution in [2.45, 2.75) is 32.3 Å². The second-order valence-electron chi connectivity index (χ2n) is 5.49. The molecule has 2 aromatic rings. The number of rotatable bonds is 8. The number of benzene rings is 2. The number of hydrogen-bond donors (Lipinski definition) is 0. The third kappa shape index (κ3) is 4.78. The Labute approximate surface area is 132 Å². The fraction of sp³-hybridized carbons (Fsp3) is 0.368. The van der Waals surface area contributed by atoms with E-state index in [2.05, 4.69) is 13.8 Å². The van der Waals surface area contributed by atoms with E-state index in [4.69, 9.17) is 14.2 Å². The summed E-state index contributed by atoms with van der Waals surface area (Å²) < 4.78 is 17.0. The van der Waals surface area contributed by atoms with Crippen LogP contribution in [-0.4, -0.2) is 19.3 Å². The van der Waals surface area contributed by atoms with Crippen LogP contribution in [0.3, 0.4) is 0 Å². The molecule has 2 aromatic carbocycles. The smallest absolute Gasteiger partial charge is 0.127 e. The molecule has 118 valence electrons. The molecular weight excluding hydrogens is 276 g/mol. The average Bonchev–Trinajstić information content (AvgIpc) is 2.57. The summed E-state index contributed by atoms with van der Waals surface area (Å²) >= 11 is 0. The lowest BCUT2D eigenvalue weighted by Crippen LogP contribution is -2.28. The van der Waals surface area contributed by atoms with Crippen LogP contribution in [0.5, 0.6) is 17.2 Å². The highest BCUT2D eigenvalue weighted by Crippen LogP contribution is 2.24. The molecule has 0 spiro atoms. The normalized spacial score (nSPS) is 13.4. The van der Waals surface area contributed by atoms with Gasteiger partial charge in [-0.25, -0.2) is 0 Å². The Morgan fingerprint density at radius 1 is 0.864 bits per heavy atom. The highest BCUT2D eigenvalue weighted by Gasteiger charge is 2.20. The molecule has 0 fully saturated rings. The van der Waals surface area contributed by atoms with Crippen molar-refractivity contribution in [3.63, 3.8) is 0 Å². The lowest BCUT2D eigenvalue weighted by Gasteiger charge is -2.26. The molecule has 0 aliphatic heterocycles. The molecule has 0 bridgehead atoms. The summed E-state index contributed by atoms with van der Waals surface area (Å²) in [5.74, 6) is 2.47. The zero-order valence-corrected chi connectivity index (χ0v) is 13.5. The van der Waals surface area contributed by atoms with E-state index < -0.39 is 0 Å². The minimum Gasteiger partial charge on any atom is -0.493 e. The van der Waals surface area contributed by atoms with Crippen LogP contribution >= 0.6 is 0 Å². The maximum Gasteiger partial charge on any atom is 0.127 e. The predicted octanol–water partition coefficient (Wildman–Crippen LogP) is 5.06. The number of hydrogen-bond acceptors (Lipinski definition) is 3. The van der Waals surface area contributed by atoms with Crippen LogP contribution in [0.25, 0.3) is 0 Å². The molecule has 0 saturated heterocycles. The number of para-hydroxylation sites is 1. The molecule has 3 nitrogen and oxygen atoms in total. The third-order valence-electron chi connectivity index (χ3n) is 3.94. The van der Waals surface area contributed by atoms with Gasteiger partial charge in [-0.1, -0.05) is 25.1 Å². The molecule has 1 unspecified atom stereocenters. The van der Waals surface area contributed by atoms with Crippen molar-refractivity contribution in [2.75, 3.05) is 13.7 Å². The van der Waals surface area contributed by atoms with Gasteiger partial charge in [0, 0.05) is 13.5 Å². The Kier molecular flexibility index (Phi) is 5.84. The molecule has 1 atom stereocenters. The predicted molar refractivity (Wildman–Crippen MR) is 88.8 cm³/mol. The lowest BCUT2D eigenvalue weighted by molar-refractivity contribution is -0.0133. The first-order valence-electron chi connectivity index (χ1n) is 7.66. The maximum atomic E-state index is 5.78. The van der Waals surface area contributed by atoms with Crippen LogP contribution in [0, 0.1) is 0 Å². The van der Waals surface area contributed by atoms with Gasteiger partial charge in [0.1, 0.15) is 17.2 Å². The standard InChI is InChI=1S/C19H24O3/c1-4-19(2,20-3)14-15-21-16-10-12-18(13-11-16)22-17-8-6-5-7-9-17/h5-13H,4,14-15H2,1-3H3. The van der Waals surface area contributed by atoms with Crippen LogP contribution in [0.15, 0.2) is 54.6 Å². The summed E-state index contributed by atoms with van der Waals surface area (Å²) in [7, 11) is 1.75. The minimum atomic E-state index is -0.115. The van der Waals surface area contributed by atoms with Crippen molar-refractivity contribution in [3.05, 3.63) is 54.6 Å². The van der Waals surface area contributed by atoms with Crippen LogP contribution in [0.4, 0.5) is 0 Å². The molecular formula is C19H24O3. The molecule has 22 heavy (non-hydrogen) atoms. The fourth-order valence-electron chi connectivity index (χ4n) is 2.04. The lowest BCUT2D eigenvalue weighted by atomic mass is 10.00. The van der Waals surface area contributed by atoms with Crippen molar-refractivity contribution < 1.29 is 14.2 Å². The van der Waals surface area contributed by atoms with Gasteiger partial charge in [0.05, 0.1) is 12.2 Å². The SMILES string of the molecule is CCC(C)(CCOc1ccc(Oc2ccccc2)cc1)OC. The average molecular weight is 300 g/mol. The Morgan fingerprint density at radius 3 is 2.05 bits per heavy atom. The van der Waals surface area contributed by atoms with E-state index in [1.54, 1.807) is 7.11 Å². The molecule has 0 heterocycles. The Bertz CT molecular complexity index is 545. The molecule has 0 aromatic heterocycles. The summed E-state index contributed by atoms with van der Waals surface area (Å²) in [5.41, 5.74) is -0.115. The van der Waals surface area contributed by atoms with Crippen LogP contribution in [-0.2, 0) is 4.74 Å². The quantitative estimate of drug-likeness (QED) is 0.681. The second-order valence-corrected chi connectivity index (χ2v) is 5.49. The Morgan fingerprint density at radius 2 is 1.45 bits per heavy atom. The van der Waals surface area contributed by atoms with E-state index in [0.29, 0.717) is 6.61 Å². The van der Waals surface area contributed by atoms with Gasteiger partial charge in [-0.05, 0) is 49.7 Å². The second kappa shape index (κ2) is 7.85. The largest absolute Gasteiger partial charge is 0.493 e. The van der Waals surface area contributed by atoms with E-state index in [1.807, 2.05) is 54.6 Å². The first-order valence-corrected chi connectivity index (χ1v) is 7.66. The van der Waals surface area contributed by atoms with Gasteiger partial charge in [-0.2, -0.15) is 0 Å². The number of ether oxygens (including phenoxy) is 3. The van der Waals surface area contributed by atoms with Crippen molar-refractivity contribution >= 4 is 0 Å². The Balaban J connectivity index is 1.84. The highest BCUT2D eigenvalue weighted by atomic mass is 16.5. The molecule has 0 amide bonds. The molecule has 0 radical (unpaired) electrons. The van der Waals surface area contributed by atoms with Gasteiger partial charge in [-0.15, -0.1) is 0 Å². The van der Waals surface area contributed by atoms with Crippen LogP contribution in [0.2, 0.25) is 0 Å². The summed E-state index contributed by atoms with van der Waals surface area (Å²) in [5, 5.41) is 0. The van der Waals surface area contributed by atoms with Gasteiger partial charge in [0.2, 0.25) is 0 Å². The van der Waals surface area contributed by atoms with Crippen molar-refractivity contribution in [1.29, 1.82) is 0 Å². The molecule has 0 N–H and O–H groups in total.